The van der Waals surface area contributed by atoms with Gasteiger partial charge < -0.3 is 4.79 Å². The summed E-state index contributed by atoms with van der Waals surface area (Å²) in [7, 11) is 0. The van der Waals surface area contributed by atoms with Crippen molar-refractivity contribution in [2.45, 2.75) is 32.6 Å². The predicted octanol–water partition coefficient (Wildman–Crippen LogP) is 2.01. The first-order valence-electron chi connectivity index (χ1n) is 4.24. The van der Waals surface area contributed by atoms with Crippen LogP contribution in [0.5, 0.6) is 0 Å². The van der Waals surface area contributed by atoms with Crippen molar-refractivity contribution in [1.29, 1.82) is 0 Å². The van der Waals surface area contributed by atoms with Gasteiger partial charge in [-0.3, -0.25) is 0 Å². The highest BCUT2D eigenvalue weighted by Crippen LogP contribution is 2.64. The van der Waals surface area contributed by atoms with Gasteiger partial charge in [-0.05, 0) is 24.2 Å². The lowest BCUT2D eigenvalue weighted by atomic mass is 9.90. The second-order valence-electron chi connectivity index (χ2n) is 4.02. The maximum Gasteiger partial charge on any atom is 0.123 e. The van der Waals surface area contributed by atoms with Crippen LogP contribution in [0.2, 0.25) is 0 Å². The first kappa shape index (κ1) is 6.38. The van der Waals surface area contributed by atoms with Gasteiger partial charge in [0.15, 0.2) is 0 Å². The van der Waals surface area contributed by atoms with E-state index in [9.17, 15) is 4.79 Å². The van der Waals surface area contributed by atoms with Crippen LogP contribution in [0.3, 0.4) is 0 Å². The first-order chi connectivity index (χ1) is 4.79. The largest absolute Gasteiger partial charge is 0.303 e. The Labute approximate surface area is 61.8 Å². The van der Waals surface area contributed by atoms with E-state index in [2.05, 4.69) is 6.92 Å². The normalized spacial score (nSPS) is 51.7. The zero-order chi connectivity index (χ0) is 7.19. The molecule has 2 fully saturated rings. The van der Waals surface area contributed by atoms with Crippen LogP contribution in [0.25, 0.3) is 0 Å². The minimum atomic E-state index is 0.426. The summed E-state index contributed by atoms with van der Waals surface area (Å²) in [4.78, 5) is 10.5. The number of aldehydes is 1. The second-order valence-corrected chi connectivity index (χ2v) is 4.02. The van der Waals surface area contributed by atoms with Gasteiger partial charge >= 0.3 is 0 Å². The third-order valence-corrected chi connectivity index (χ3v) is 3.56. The third kappa shape index (κ3) is 0.609. The van der Waals surface area contributed by atoms with E-state index in [0.717, 1.165) is 5.92 Å². The van der Waals surface area contributed by atoms with Crippen LogP contribution < -0.4 is 0 Å². The zero-order valence-corrected chi connectivity index (χ0v) is 6.47. The molecule has 3 atom stereocenters. The van der Waals surface area contributed by atoms with Gasteiger partial charge in [-0.1, -0.05) is 19.8 Å². The van der Waals surface area contributed by atoms with Gasteiger partial charge in [0.2, 0.25) is 0 Å². The van der Waals surface area contributed by atoms with E-state index in [4.69, 9.17) is 0 Å². The standard InChI is InChI=1S/C9H14O/c1-9-5-3-2-4-7(9)8(9)6-10/h6-8H,2-5H2,1H3/t7-,8?,9-/m0/s1. The maximum absolute atomic E-state index is 10.5. The van der Waals surface area contributed by atoms with Crippen LogP contribution in [0.1, 0.15) is 32.6 Å². The van der Waals surface area contributed by atoms with Crippen LogP contribution in [-0.2, 0) is 4.79 Å². The number of hydrogen-bond acceptors (Lipinski definition) is 1. The van der Waals surface area contributed by atoms with Crippen molar-refractivity contribution in [3.63, 3.8) is 0 Å². The highest BCUT2D eigenvalue weighted by Gasteiger charge is 2.60. The number of rotatable bonds is 1. The minimum absolute atomic E-state index is 0.426. The molecule has 0 aromatic rings. The monoisotopic (exact) mass is 138 g/mol. The molecule has 0 N–H and O–H groups in total. The summed E-state index contributed by atoms with van der Waals surface area (Å²) in [6.07, 6.45) is 6.47. The quantitative estimate of drug-likeness (QED) is 0.506. The van der Waals surface area contributed by atoms with E-state index >= 15 is 0 Å². The number of hydrogen-bond donors (Lipinski definition) is 0. The lowest BCUT2D eigenvalue weighted by Crippen LogP contribution is -2.04. The average Bonchev–Trinajstić information content (AvgIpc) is 2.54. The van der Waals surface area contributed by atoms with E-state index in [1.165, 1.54) is 32.0 Å². The molecule has 0 amide bonds. The van der Waals surface area contributed by atoms with Gasteiger partial charge in [-0.2, -0.15) is 0 Å². The summed E-state index contributed by atoms with van der Waals surface area (Å²) in [5.41, 5.74) is 0.444. The molecular weight excluding hydrogens is 124 g/mol. The van der Waals surface area contributed by atoms with Crippen molar-refractivity contribution < 1.29 is 4.79 Å². The van der Waals surface area contributed by atoms with E-state index < -0.39 is 0 Å². The Morgan fingerprint density at radius 2 is 2.30 bits per heavy atom. The molecule has 0 radical (unpaired) electrons. The fraction of sp³-hybridized carbons (Fsp3) is 0.889. The molecule has 2 aliphatic rings. The Kier molecular flexibility index (Phi) is 1.17. The van der Waals surface area contributed by atoms with Crippen LogP contribution in [0.4, 0.5) is 0 Å². The number of carbonyl (C=O) groups excluding carboxylic acids is 1. The molecule has 10 heavy (non-hydrogen) atoms. The highest BCUT2D eigenvalue weighted by molar-refractivity contribution is 5.61. The maximum atomic E-state index is 10.5. The van der Waals surface area contributed by atoms with Crippen LogP contribution in [0.15, 0.2) is 0 Å². The minimum Gasteiger partial charge on any atom is -0.303 e. The predicted molar refractivity (Wildman–Crippen MR) is 39.6 cm³/mol. The highest BCUT2D eigenvalue weighted by atomic mass is 16.1. The molecule has 0 aromatic carbocycles. The molecule has 2 rings (SSSR count). The molecule has 1 nitrogen and oxygen atoms in total. The van der Waals surface area contributed by atoms with Crippen molar-refractivity contribution in [2.75, 3.05) is 0 Å². The van der Waals surface area contributed by atoms with Crippen molar-refractivity contribution in [1.82, 2.24) is 0 Å². The topological polar surface area (TPSA) is 17.1 Å². The number of fused-ring (bicyclic) bond motifs is 1. The summed E-state index contributed by atoms with van der Waals surface area (Å²) in [6, 6.07) is 0. The molecule has 1 unspecified atom stereocenters. The van der Waals surface area contributed by atoms with E-state index in [1.54, 1.807) is 0 Å². The molecule has 0 bridgehead atoms. The van der Waals surface area contributed by atoms with E-state index in [-0.39, 0.29) is 0 Å². The van der Waals surface area contributed by atoms with Crippen LogP contribution in [-0.4, -0.2) is 6.29 Å². The Bertz CT molecular complexity index is 164. The molecular formula is C9H14O. The molecule has 56 valence electrons. The lowest BCUT2D eigenvalue weighted by Gasteiger charge is -2.15. The molecule has 2 saturated carbocycles. The van der Waals surface area contributed by atoms with Crippen LogP contribution in [0, 0.1) is 17.3 Å². The van der Waals surface area contributed by atoms with Gasteiger partial charge in [-0.15, -0.1) is 0 Å². The fourth-order valence-electron chi connectivity index (χ4n) is 2.68. The summed E-state index contributed by atoms with van der Waals surface area (Å²) in [6.45, 7) is 2.27. The third-order valence-electron chi connectivity index (χ3n) is 3.56. The average molecular weight is 138 g/mol. The molecule has 2 aliphatic carbocycles. The van der Waals surface area contributed by atoms with Crippen molar-refractivity contribution in [2.24, 2.45) is 17.3 Å². The Morgan fingerprint density at radius 3 is 2.80 bits per heavy atom. The molecule has 1 heteroatoms. The molecule has 0 saturated heterocycles. The first-order valence-corrected chi connectivity index (χ1v) is 4.24. The molecule has 0 spiro atoms. The Hall–Kier alpha value is -0.330. The van der Waals surface area contributed by atoms with Crippen molar-refractivity contribution in [3.05, 3.63) is 0 Å². The van der Waals surface area contributed by atoms with Gasteiger partial charge in [0.05, 0.1) is 0 Å². The van der Waals surface area contributed by atoms with Gasteiger partial charge in [0.25, 0.3) is 0 Å². The Balaban J connectivity index is 2.11. The van der Waals surface area contributed by atoms with Crippen molar-refractivity contribution in [3.8, 4) is 0 Å². The van der Waals surface area contributed by atoms with E-state index in [1.807, 2.05) is 0 Å². The summed E-state index contributed by atoms with van der Waals surface area (Å²) < 4.78 is 0. The van der Waals surface area contributed by atoms with Crippen LogP contribution >= 0.6 is 0 Å². The smallest absolute Gasteiger partial charge is 0.123 e. The van der Waals surface area contributed by atoms with Gasteiger partial charge in [-0.25, -0.2) is 0 Å². The molecule has 0 heterocycles. The van der Waals surface area contributed by atoms with Gasteiger partial charge in [0, 0.05) is 5.92 Å². The van der Waals surface area contributed by atoms with Crippen molar-refractivity contribution >= 4 is 6.29 Å². The van der Waals surface area contributed by atoms with Gasteiger partial charge in [0.1, 0.15) is 6.29 Å². The lowest BCUT2D eigenvalue weighted by molar-refractivity contribution is -0.109. The zero-order valence-electron chi connectivity index (χ0n) is 6.47. The Morgan fingerprint density at radius 1 is 1.50 bits per heavy atom. The SMILES string of the molecule is C[C@]12CCCC[C@H]1C2C=O. The molecule has 0 aliphatic heterocycles. The van der Waals surface area contributed by atoms with E-state index in [0.29, 0.717) is 11.3 Å². The summed E-state index contributed by atoms with van der Waals surface area (Å²) in [5.74, 6) is 1.19. The molecule has 0 aromatic heterocycles. The fourth-order valence-corrected chi connectivity index (χ4v) is 2.68. The second kappa shape index (κ2) is 1.84. The summed E-state index contributed by atoms with van der Waals surface area (Å²) in [5, 5.41) is 0. The summed E-state index contributed by atoms with van der Waals surface area (Å²) >= 11 is 0. The number of carbonyl (C=O) groups is 1.